The monoisotopic (exact) mass is 401 g/mol. The summed E-state index contributed by atoms with van der Waals surface area (Å²) in [5, 5.41) is 9.63. The Kier molecular flexibility index (Phi) is 4.99. The van der Waals surface area contributed by atoms with Crippen molar-refractivity contribution in [1.29, 1.82) is 0 Å². The molecule has 0 radical (unpaired) electrons. The van der Waals surface area contributed by atoms with Gasteiger partial charge in [0.1, 0.15) is 10.5 Å². The molecule has 1 fully saturated rings. The number of benzene rings is 1. The molecular formula is C21H24ClN3OS. The van der Waals surface area contributed by atoms with Crippen LogP contribution in [-0.2, 0) is 7.05 Å². The topological polar surface area (TPSA) is 46.9 Å². The lowest BCUT2D eigenvalue weighted by atomic mass is 9.78. The average Bonchev–Trinajstić information content (AvgIpc) is 3.21. The van der Waals surface area contributed by atoms with E-state index in [4.69, 9.17) is 11.6 Å². The molecule has 0 saturated heterocycles. The van der Waals surface area contributed by atoms with Gasteiger partial charge >= 0.3 is 0 Å². The molecule has 4 rings (SSSR count). The number of aromatic nitrogens is 2. The SMILES string of the molecule is C[C@@H]1[C@H](C)CCC[C@H]1NC(=O)c1cc2c(-c3ccc(Cl)cc3)nn(C)c2s1. The number of rotatable bonds is 3. The Morgan fingerprint density at radius 2 is 2.00 bits per heavy atom. The van der Waals surface area contributed by atoms with Gasteiger partial charge in [0.15, 0.2) is 0 Å². The molecule has 0 bridgehead atoms. The van der Waals surface area contributed by atoms with Crippen molar-refractivity contribution in [2.75, 3.05) is 0 Å². The minimum Gasteiger partial charge on any atom is -0.348 e. The Morgan fingerprint density at radius 1 is 1.26 bits per heavy atom. The third-order valence-electron chi connectivity index (χ3n) is 5.88. The maximum Gasteiger partial charge on any atom is 0.261 e. The van der Waals surface area contributed by atoms with Crippen LogP contribution in [0, 0.1) is 11.8 Å². The Labute approximate surface area is 168 Å². The molecule has 4 nitrogen and oxygen atoms in total. The van der Waals surface area contributed by atoms with Crippen molar-refractivity contribution in [3.8, 4) is 11.3 Å². The predicted octanol–water partition coefficient (Wildman–Crippen LogP) is 5.51. The number of aryl methyl sites for hydroxylation is 1. The molecule has 0 spiro atoms. The lowest BCUT2D eigenvalue weighted by Gasteiger charge is -2.34. The third-order valence-corrected chi connectivity index (χ3v) is 7.33. The number of nitrogens with zero attached hydrogens (tertiary/aromatic N) is 2. The van der Waals surface area contributed by atoms with Gasteiger partial charge in [0.2, 0.25) is 0 Å². The second-order valence-electron chi connectivity index (χ2n) is 7.66. The molecule has 1 aliphatic rings. The smallest absolute Gasteiger partial charge is 0.261 e. The highest BCUT2D eigenvalue weighted by Gasteiger charge is 2.29. The maximum absolute atomic E-state index is 12.9. The van der Waals surface area contributed by atoms with E-state index in [-0.39, 0.29) is 11.9 Å². The first-order valence-corrected chi connectivity index (χ1v) is 10.7. The summed E-state index contributed by atoms with van der Waals surface area (Å²) < 4.78 is 1.85. The second-order valence-corrected chi connectivity index (χ2v) is 9.12. The minimum absolute atomic E-state index is 0.0317. The fraction of sp³-hybridized carbons (Fsp3) is 0.429. The Morgan fingerprint density at radius 3 is 2.74 bits per heavy atom. The molecule has 0 aliphatic heterocycles. The molecule has 6 heteroatoms. The summed E-state index contributed by atoms with van der Waals surface area (Å²) in [7, 11) is 1.92. The molecule has 1 amide bonds. The van der Waals surface area contributed by atoms with Crippen LogP contribution in [0.5, 0.6) is 0 Å². The molecule has 1 saturated carbocycles. The number of hydrogen-bond donors (Lipinski definition) is 1. The van der Waals surface area contributed by atoms with Gasteiger partial charge in [-0.25, -0.2) is 0 Å². The zero-order chi connectivity index (χ0) is 19.1. The summed E-state index contributed by atoms with van der Waals surface area (Å²) in [5.41, 5.74) is 1.89. The van der Waals surface area contributed by atoms with E-state index >= 15 is 0 Å². The summed E-state index contributed by atoms with van der Waals surface area (Å²) in [6.45, 7) is 4.54. The van der Waals surface area contributed by atoms with Gasteiger partial charge in [-0.3, -0.25) is 9.48 Å². The minimum atomic E-state index is 0.0317. The lowest BCUT2D eigenvalue weighted by Crippen LogP contribution is -2.43. The molecule has 142 valence electrons. The van der Waals surface area contributed by atoms with E-state index in [9.17, 15) is 4.79 Å². The van der Waals surface area contributed by atoms with Crippen molar-refractivity contribution >= 4 is 39.1 Å². The Bertz CT molecular complexity index is 975. The van der Waals surface area contributed by atoms with Gasteiger partial charge in [0.05, 0.1) is 4.88 Å². The van der Waals surface area contributed by atoms with Crippen molar-refractivity contribution in [1.82, 2.24) is 15.1 Å². The van der Waals surface area contributed by atoms with Gasteiger partial charge in [0.25, 0.3) is 5.91 Å². The molecule has 3 atom stereocenters. The van der Waals surface area contributed by atoms with Crippen molar-refractivity contribution in [2.24, 2.45) is 18.9 Å². The fourth-order valence-corrected chi connectivity index (χ4v) is 5.10. The number of nitrogens with one attached hydrogen (secondary N) is 1. The normalized spacial score (nSPS) is 22.9. The van der Waals surface area contributed by atoms with E-state index in [0.29, 0.717) is 16.9 Å². The number of hydrogen-bond acceptors (Lipinski definition) is 3. The van der Waals surface area contributed by atoms with Crippen LogP contribution in [0.25, 0.3) is 21.5 Å². The molecule has 2 aromatic heterocycles. The zero-order valence-corrected chi connectivity index (χ0v) is 17.4. The first kappa shape index (κ1) is 18.5. The number of fused-ring (bicyclic) bond motifs is 1. The molecule has 3 aromatic rings. The lowest BCUT2D eigenvalue weighted by molar-refractivity contribution is 0.0895. The molecular weight excluding hydrogens is 378 g/mol. The summed E-state index contributed by atoms with van der Waals surface area (Å²) in [4.78, 5) is 14.6. The number of thiophene rings is 1. The van der Waals surface area contributed by atoms with E-state index < -0.39 is 0 Å². The van der Waals surface area contributed by atoms with Gasteiger partial charge in [-0.05, 0) is 36.5 Å². The van der Waals surface area contributed by atoms with Gasteiger partial charge in [-0.15, -0.1) is 11.3 Å². The van der Waals surface area contributed by atoms with Gasteiger partial charge in [0, 0.05) is 29.1 Å². The fourth-order valence-electron chi connectivity index (χ4n) is 4.00. The van der Waals surface area contributed by atoms with Crippen LogP contribution in [0.4, 0.5) is 0 Å². The largest absolute Gasteiger partial charge is 0.348 e. The molecule has 2 heterocycles. The number of halogens is 1. The van der Waals surface area contributed by atoms with Crippen molar-refractivity contribution < 1.29 is 4.79 Å². The zero-order valence-electron chi connectivity index (χ0n) is 15.8. The molecule has 1 aromatic carbocycles. The van der Waals surface area contributed by atoms with E-state index in [1.165, 1.54) is 24.2 Å². The predicted molar refractivity (Wildman–Crippen MR) is 112 cm³/mol. The van der Waals surface area contributed by atoms with Gasteiger partial charge in [-0.1, -0.05) is 50.4 Å². The molecule has 27 heavy (non-hydrogen) atoms. The number of carbonyl (C=O) groups excluding carboxylic acids is 1. The second kappa shape index (κ2) is 7.28. The van der Waals surface area contributed by atoms with E-state index in [1.807, 2.05) is 42.1 Å². The maximum atomic E-state index is 12.9. The number of amides is 1. The number of carbonyl (C=O) groups is 1. The van der Waals surface area contributed by atoms with E-state index in [0.717, 1.165) is 32.8 Å². The van der Waals surface area contributed by atoms with Crippen LogP contribution in [0.15, 0.2) is 30.3 Å². The Hall–Kier alpha value is -1.85. The Balaban J connectivity index is 1.62. The van der Waals surface area contributed by atoms with Crippen LogP contribution in [0.1, 0.15) is 42.8 Å². The summed E-state index contributed by atoms with van der Waals surface area (Å²) in [6, 6.07) is 9.90. The summed E-state index contributed by atoms with van der Waals surface area (Å²) in [5.74, 6) is 1.21. The standard InChI is InChI=1S/C21H24ClN3OS/c1-12-5-4-6-17(13(12)2)23-20(26)18-11-16-19(24-25(3)21(16)27-18)14-7-9-15(22)10-8-14/h7-13,17H,4-6H2,1-3H3,(H,23,26)/t12-,13-,17-/m1/s1. The van der Waals surface area contributed by atoms with Crippen LogP contribution in [-0.4, -0.2) is 21.7 Å². The molecule has 1 N–H and O–H groups in total. The van der Waals surface area contributed by atoms with Crippen LogP contribution in [0.3, 0.4) is 0 Å². The van der Waals surface area contributed by atoms with Crippen molar-refractivity contribution in [3.63, 3.8) is 0 Å². The first-order chi connectivity index (χ1) is 12.9. The first-order valence-electron chi connectivity index (χ1n) is 9.47. The highest BCUT2D eigenvalue weighted by molar-refractivity contribution is 7.20. The van der Waals surface area contributed by atoms with E-state index in [1.54, 1.807) is 0 Å². The third kappa shape index (κ3) is 3.50. The summed E-state index contributed by atoms with van der Waals surface area (Å²) in [6.07, 6.45) is 3.51. The highest BCUT2D eigenvalue weighted by Crippen LogP contribution is 2.35. The van der Waals surface area contributed by atoms with Crippen molar-refractivity contribution in [3.05, 3.63) is 40.2 Å². The van der Waals surface area contributed by atoms with E-state index in [2.05, 4.69) is 24.3 Å². The molecule has 1 aliphatic carbocycles. The van der Waals surface area contributed by atoms with Gasteiger partial charge < -0.3 is 5.32 Å². The van der Waals surface area contributed by atoms with Crippen LogP contribution < -0.4 is 5.32 Å². The average molecular weight is 402 g/mol. The van der Waals surface area contributed by atoms with Crippen molar-refractivity contribution in [2.45, 2.75) is 39.2 Å². The quantitative estimate of drug-likeness (QED) is 0.628. The summed E-state index contributed by atoms with van der Waals surface area (Å²) >= 11 is 7.51. The molecule has 0 unspecified atom stereocenters. The highest BCUT2D eigenvalue weighted by atomic mass is 35.5. The van der Waals surface area contributed by atoms with Gasteiger partial charge in [-0.2, -0.15) is 5.10 Å². The van der Waals surface area contributed by atoms with Crippen LogP contribution in [0.2, 0.25) is 5.02 Å². The van der Waals surface area contributed by atoms with Crippen LogP contribution >= 0.6 is 22.9 Å².